The van der Waals surface area contributed by atoms with E-state index in [1.54, 1.807) is 0 Å². The van der Waals surface area contributed by atoms with Crippen LogP contribution in [0.5, 0.6) is 0 Å². The number of ether oxygens (including phenoxy) is 8. The molecule has 26 nitrogen and oxygen atoms in total. The number of aliphatic hydroxyl groups is 12. The third-order valence-corrected chi connectivity index (χ3v) is 12.7. The Labute approximate surface area is 390 Å². The van der Waals surface area contributed by atoms with Gasteiger partial charge in [-0.3, -0.25) is 9.79 Å². The normalized spacial score (nSPS) is 42.0. The van der Waals surface area contributed by atoms with E-state index in [-0.39, 0.29) is 36.2 Å². The molecule has 366 valence electrons. The molecule has 0 aromatic carbocycles. The quantitative estimate of drug-likeness (QED) is 0.0325. The molecule has 4 aliphatic heterocycles. The molecule has 1 amide bonds. The Balaban J connectivity index is 0.0000109. The van der Waals surface area contributed by atoms with Gasteiger partial charge in [0.05, 0.1) is 32.5 Å². The second-order valence-electron chi connectivity index (χ2n) is 17.1. The van der Waals surface area contributed by atoms with Gasteiger partial charge in [-0.15, -0.1) is 0 Å². The van der Waals surface area contributed by atoms with Gasteiger partial charge in [0.1, 0.15) is 97.5 Å². The summed E-state index contributed by atoms with van der Waals surface area (Å²) in [7, 11) is -1.75. The van der Waals surface area contributed by atoms with Crippen LogP contribution < -0.4 is 40.0 Å². The van der Waals surface area contributed by atoms with Crippen LogP contribution >= 0.6 is 0 Å². The van der Waals surface area contributed by atoms with Crippen molar-refractivity contribution in [3.63, 3.8) is 0 Å². The number of hydrogen-bond donors (Lipinski definition) is 14. The van der Waals surface area contributed by atoms with Crippen LogP contribution in [0.15, 0.2) is 4.99 Å². The van der Waals surface area contributed by atoms with Crippen LogP contribution in [0.4, 0.5) is 0 Å². The second kappa shape index (κ2) is 24.4. The van der Waals surface area contributed by atoms with Crippen molar-refractivity contribution >= 4 is 25.8 Å². The van der Waals surface area contributed by atoms with Gasteiger partial charge in [-0.2, -0.15) is 0 Å². The van der Waals surface area contributed by atoms with Gasteiger partial charge in [0, 0.05) is 28.0 Å². The summed E-state index contributed by atoms with van der Waals surface area (Å²) in [5.74, 6) is -6.78. The number of nitrogens with zero attached hydrogens (tertiary/aromatic N) is 1. The molecule has 0 aromatic heterocycles. The van der Waals surface area contributed by atoms with Crippen LogP contribution in [-0.2, 0) is 47.5 Å². The van der Waals surface area contributed by atoms with Gasteiger partial charge in [0.25, 0.3) is 5.79 Å². The summed E-state index contributed by atoms with van der Waals surface area (Å²) in [4.78, 5) is 29.4. The van der Waals surface area contributed by atoms with E-state index in [0.29, 0.717) is 6.04 Å². The molecule has 0 aromatic rings. The third-order valence-electron chi connectivity index (χ3n) is 11.0. The summed E-state index contributed by atoms with van der Waals surface area (Å²) in [5, 5.41) is 153. The second-order valence-corrected chi connectivity index (χ2v) is 22.7. The van der Waals surface area contributed by atoms with Crippen molar-refractivity contribution in [1.29, 1.82) is 0 Å². The minimum Gasteiger partial charge on any atom is -0.862 e. The van der Waals surface area contributed by atoms with Gasteiger partial charge in [0.15, 0.2) is 18.9 Å². The third kappa shape index (κ3) is 13.5. The largest absolute Gasteiger partial charge is 1.00 e. The molecule has 0 spiro atoms. The van der Waals surface area contributed by atoms with Crippen molar-refractivity contribution in [1.82, 2.24) is 5.32 Å². The number of aliphatic hydroxyl groups excluding tert-OH is 12. The van der Waals surface area contributed by atoms with E-state index in [9.17, 15) is 81.1 Å². The molecule has 4 heterocycles. The van der Waals surface area contributed by atoms with E-state index >= 15 is 0 Å². The summed E-state index contributed by atoms with van der Waals surface area (Å²) < 4.78 is 47.1. The zero-order chi connectivity index (χ0) is 47.3. The van der Waals surface area contributed by atoms with Crippen LogP contribution in [0.3, 0.4) is 0 Å². The molecule has 0 bridgehead atoms. The van der Waals surface area contributed by atoms with E-state index in [2.05, 4.69) is 30.0 Å². The van der Waals surface area contributed by atoms with E-state index in [1.807, 2.05) is 0 Å². The number of rotatable bonds is 19. The SMILES string of the molecule is CC(=O)N[C@H]1[C@H](OCC[Si](C)(C)C)O[C@H](CO)[C@@H](O[C@@H]2O[C@H](CO)[C@H](O)[C@H](O[C@]3(C(=O)O)C[C@H](O)[C@@H](N=C(C)[O-])[C@H]([C@H](O)[C@H](O)CO)O3)[C@H]2O)[C@@H]1O[C@@H]1O[C@@H](CO)[C@@H](O)[C@@H](O)[C@@H]1O.[Na+]. The first kappa shape index (κ1) is 57.1. The molecule has 4 aliphatic rings. The van der Waals surface area contributed by atoms with Crippen molar-refractivity contribution in [2.24, 2.45) is 4.99 Å². The first-order valence-electron chi connectivity index (χ1n) is 20.3. The minimum absolute atomic E-state index is 0. The average molecular weight is 959 g/mol. The number of carbonyl (C=O) groups excluding carboxylic acids is 1. The average Bonchev–Trinajstić information content (AvgIpc) is 3.21. The van der Waals surface area contributed by atoms with Crippen molar-refractivity contribution in [3.05, 3.63) is 0 Å². The number of amides is 1. The number of carboxylic acid groups (broad SMARTS) is 1. The number of aliphatic carboxylic acids is 1. The number of carbonyl (C=O) groups is 2. The fourth-order valence-electron chi connectivity index (χ4n) is 7.59. The summed E-state index contributed by atoms with van der Waals surface area (Å²) in [6.07, 6.45) is -35.7. The van der Waals surface area contributed by atoms with Crippen LogP contribution in [0, 0.1) is 0 Å². The monoisotopic (exact) mass is 958 g/mol. The van der Waals surface area contributed by atoms with Gasteiger partial charge < -0.3 is 115 Å². The Hall–Kier alpha value is -1.17. The van der Waals surface area contributed by atoms with Crippen molar-refractivity contribution in [2.75, 3.05) is 33.0 Å². The van der Waals surface area contributed by atoms with Crippen LogP contribution in [-0.4, -0.2) is 254 Å². The van der Waals surface area contributed by atoms with Crippen LogP contribution in [0.1, 0.15) is 20.3 Å². The van der Waals surface area contributed by atoms with Crippen molar-refractivity contribution < 1.29 is 149 Å². The zero-order valence-corrected chi connectivity index (χ0v) is 39.2. The number of carboxylic acids is 1. The molecular formula is C36H63N2NaO24Si. The number of nitrogens with one attached hydrogen (secondary N) is 1. The molecule has 0 unspecified atom stereocenters. The Kier molecular flexibility index (Phi) is 21.8. The fraction of sp³-hybridized carbons (Fsp3) is 0.917. The molecule has 0 saturated carbocycles. The number of aliphatic imine (C=N–C) groups is 1. The molecule has 4 fully saturated rings. The smallest absolute Gasteiger partial charge is 0.862 e. The Morgan fingerprint density at radius 3 is 1.86 bits per heavy atom. The Morgan fingerprint density at radius 2 is 1.34 bits per heavy atom. The standard InChI is InChI=1S/C36H64N2O24Si.Na/c1-13(43)37-20-15(45)8-36(35(53)54,61-29(20)22(47)16(46)9-39)62-31-24(49)18(11-41)57-34(27(31)52)59-28-19(12-42)58-32(55-6-7-63(3,4)5)21(38-14(2)44)30(28)60-33-26(51)25(50)23(48)17(10-40)56-33;/h15-34,39-42,45-52H,6-12H2,1-5H3,(H,37,43)(H,38,44)(H,53,54);/q;+1/p-1/t15-,16+,17-,18+,19+,20+,21+,22+,23+,24-,25+,26-,27+,28+,29+,30+,31-,32+,33-,34-,36-;/m0./s1. The van der Waals surface area contributed by atoms with E-state index in [1.165, 1.54) is 0 Å². The Bertz CT molecular complexity index is 1520. The van der Waals surface area contributed by atoms with Gasteiger partial charge in [-0.25, -0.2) is 4.79 Å². The Morgan fingerprint density at radius 1 is 0.797 bits per heavy atom. The molecule has 0 radical (unpaired) electrons. The molecule has 21 atom stereocenters. The summed E-state index contributed by atoms with van der Waals surface area (Å²) in [5.41, 5.74) is 0. The summed E-state index contributed by atoms with van der Waals surface area (Å²) >= 11 is 0. The maximum absolute atomic E-state index is 13.0. The summed E-state index contributed by atoms with van der Waals surface area (Å²) in [6.45, 7) is 4.40. The maximum Gasteiger partial charge on any atom is 1.00 e. The predicted molar refractivity (Wildman–Crippen MR) is 205 cm³/mol. The van der Waals surface area contributed by atoms with Gasteiger partial charge in [0.2, 0.25) is 5.91 Å². The molecule has 28 heteroatoms. The maximum atomic E-state index is 13.0. The van der Waals surface area contributed by atoms with E-state index < -0.39 is 187 Å². The van der Waals surface area contributed by atoms with Gasteiger partial charge in [-0.05, 0) is 18.9 Å². The van der Waals surface area contributed by atoms with Crippen LogP contribution in [0.2, 0.25) is 25.7 Å². The molecule has 64 heavy (non-hydrogen) atoms. The van der Waals surface area contributed by atoms with Gasteiger partial charge >= 0.3 is 35.5 Å². The molecule has 4 rings (SSSR count). The van der Waals surface area contributed by atoms with E-state index in [0.717, 1.165) is 13.8 Å². The minimum atomic E-state index is -3.15. The van der Waals surface area contributed by atoms with Crippen molar-refractivity contribution in [2.45, 2.75) is 174 Å². The first-order valence-corrected chi connectivity index (χ1v) is 24.0. The molecular weight excluding hydrogens is 895 g/mol. The molecule has 14 N–H and O–H groups in total. The number of hydrogen-bond acceptors (Lipinski definition) is 24. The first-order chi connectivity index (χ1) is 29.4. The zero-order valence-electron chi connectivity index (χ0n) is 36.2. The topological polar surface area (TPSA) is 418 Å². The fourth-order valence-corrected chi connectivity index (χ4v) is 8.32. The predicted octanol–water partition coefficient (Wildman–Crippen LogP) is -11.2. The van der Waals surface area contributed by atoms with Crippen LogP contribution in [0.25, 0.3) is 0 Å². The van der Waals surface area contributed by atoms with E-state index in [4.69, 9.17) is 37.9 Å². The summed E-state index contributed by atoms with van der Waals surface area (Å²) in [6, 6.07) is -2.60. The molecule has 0 aliphatic carbocycles. The van der Waals surface area contributed by atoms with Gasteiger partial charge in [-0.1, -0.05) is 19.6 Å². The molecule has 4 saturated heterocycles. The van der Waals surface area contributed by atoms with Crippen molar-refractivity contribution in [3.8, 4) is 0 Å².